The van der Waals surface area contributed by atoms with Crippen molar-refractivity contribution in [3.63, 3.8) is 0 Å². The highest BCUT2D eigenvalue weighted by molar-refractivity contribution is 6.00. The van der Waals surface area contributed by atoms with Gasteiger partial charge in [0.2, 0.25) is 5.91 Å². The Labute approximate surface area is 169 Å². The summed E-state index contributed by atoms with van der Waals surface area (Å²) in [4.78, 5) is 38.8. The zero-order valence-corrected chi connectivity index (χ0v) is 16.7. The van der Waals surface area contributed by atoms with Gasteiger partial charge in [0.15, 0.2) is 6.10 Å². The molecule has 0 saturated carbocycles. The molecule has 1 aliphatic rings. The van der Waals surface area contributed by atoms with Gasteiger partial charge in [0.1, 0.15) is 5.75 Å². The van der Waals surface area contributed by atoms with Crippen molar-refractivity contribution in [2.75, 3.05) is 23.9 Å². The molecular formula is C22H24N2O5. The number of nitrogens with zero attached hydrogens (tertiary/aromatic N) is 1. The predicted octanol–water partition coefficient (Wildman–Crippen LogP) is 2.93. The zero-order chi connectivity index (χ0) is 21.0. The Kier molecular flexibility index (Phi) is 6.16. The Bertz CT molecular complexity index is 910. The molecule has 1 heterocycles. The van der Waals surface area contributed by atoms with Crippen LogP contribution >= 0.6 is 0 Å². The normalized spacial score (nSPS) is 17.0. The monoisotopic (exact) mass is 396 g/mol. The minimum absolute atomic E-state index is 0.0631. The molecule has 1 aliphatic heterocycles. The van der Waals surface area contributed by atoms with Crippen LogP contribution in [0.1, 0.15) is 18.9 Å². The fourth-order valence-electron chi connectivity index (χ4n) is 3.15. The number of benzene rings is 2. The Morgan fingerprint density at radius 1 is 1.14 bits per heavy atom. The van der Waals surface area contributed by atoms with E-state index in [2.05, 4.69) is 5.32 Å². The van der Waals surface area contributed by atoms with Crippen LogP contribution in [0.25, 0.3) is 0 Å². The van der Waals surface area contributed by atoms with E-state index in [1.807, 2.05) is 31.2 Å². The minimum atomic E-state index is -1.00. The van der Waals surface area contributed by atoms with Crippen LogP contribution in [0.2, 0.25) is 0 Å². The summed E-state index contributed by atoms with van der Waals surface area (Å²) in [5.41, 5.74) is 2.33. The first-order valence-corrected chi connectivity index (χ1v) is 9.40. The third-order valence-electron chi connectivity index (χ3n) is 4.83. The number of para-hydroxylation sites is 2. The lowest BCUT2D eigenvalue weighted by atomic mass is 10.1. The molecular weight excluding hydrogens is 372 g/mol. The summed E-state index contributed by atoms with van der Waals surface area (Å²) in [6, 6.07) is 14.5. The molecule has 2 aromatic carbocycles. The van der Waals surface area contributed by atoms with Crippen LogP contribution in [0.15, 0.2) is 48.5 Å². The summed E-state index contributed by atoms with van der Waals surface area (Å²) in [6.07, 6.45) is -0.941. The van der Waals surface area contributed by atoms with Crippen LogP contribution in [0.4, 0.5) is 11.4 Å². The lowest BCUT2D eigenvalue weighted by Gasteiger charge is -2.18. The molecule has 0 bridgehead atoms. The maximum absolute atomic E-state index is 12.5. The van der Waals surface area contributed by atoms with Gasteiger partial charge in [-0.1, -0.05) is 29.8 Å². The first-order valence-electron chi connectivity index (χ1n) is 9.40. The number of esters is 1. The van der Waals surface area contributed by atoms with E-state index < -0.39 is 23.9 Å². The summed E-state index contributed by atoms with van der Waals surface area (Å²) in [6.45, 7) is 3.70. The summed E-state index contributed by atoms with van der Waals surface area (Å²) >= 11 is 0. The molecule has 0 radical (unpaired) electrons. The topological polar surface area (TPSA) is 84.9 Å². The Morgan fingerprint density at radius 3 is 2.52 bits per heavy atom. The molecule has 7 heteroatoms. The number of amides is 2. The van der Waals surface area contributed by atoms with Crippen molar-refractivity contribution in [3.05, 3.63) is 54.1 Å². The molecule has 7 nitrogen and oxygen atoms in total. The van der Waals surface area contributed by atoms with Crippen molar-refractivity contribution < 1.29 is 23.9 Å². The summed E-state index contributed by atoms with van der Waals surface area (Å²) < 4.78 is 10.5. The van der Waals surface area contributed by atoms with E-state index in [4.69, 9.17) is 9.47 Å². The second kappa shape index (κ2) is 8.77. The molecule has 1 fully saturated rings. The van der Waals surface area contributed by atoms with E-state index in [1.165, 1.54) is 14.0 Å². The van der Waals surface area contributed by atoms with Crippen LogP contribution < -0.4 is 15.0 Å². The second-order valence-corrected chi connectivity index (χ2v) is 7.01. The number of carbonyl (C=O) groups excluding carboxylic acids is 3. The van der Waals surface area contributed by atoms with E-state index in [9.17, 15) is 14.4 Å². The van der Waals surface area contributed by atoms with E-state index in [0.29, 0.717) is 11.4 Å². The van der Waals surface area contributed by atoms with E-state index in [0.717, 1.165) is 11.3 Å². The van der Waals surface area contributed by atoms with Crippen LogP contribution in [0, 0.1) is 12.8 Å². The number of anilines is 2. The second-order valence-electron chi connectivity index (χ2n) is 7.01. The standard InChI is InChI=1S/C22H24N2O5/c1-14-8-10-17(11-9-14)24-13-16(12-20(24)25)22(27)29-15(2)21(26)23-18-6-4-5-7-19(18)28-3/h4-11,15-16H,12-13H2,1-3H3,(H,23,26)/t15-,16-/m1/s1. The molecule has 3 rings (SSSR count). The van der Waals surface area contributed by atoms with Crippen LogP contribution in [-0.4, -0.2) is 37.5 Å². The number of hydrogen-bond acceptors (Lipinski definition) is 5. The van der Waals surface area contributed by atoms with Gasteiger partial charge < -0.3 is 19.7 Å². The van der Waals surface area contributed by atoms with Gasteiger partial charge in [0.05, 0.1) is 18.7 Å². The maximum Gasteiger partial charge on any atom is 0.312 e. The number of hydrogen-bond donors (Lipinski definition) is 1. The van der Waals surface area contributed by atoms with E-state index >= 15 is 0 Å². The number of methoxy groups -OCH3 is 1. The predicted molar refractivity (Wildman–Crippen MR) is 109 cm³/mol. The lowest BCUT2D eigenvalue weighted by Crippen LogP contribution is -2.33. The lowest BCUT2D eigenvalue weighted by molar-refractivity contribution is -0.157. The van der Waals surface area contributed by atoms with Gasteiger partial charge in [-0.2, -0.15) is 0 Å². The number of nitrogens with one attached hydrogen (secondary N) is 1. The van der Waals surface area contributed by atoms with Crippen LogP contribution in [0.3, 0.4) is 0 Å². The molecule has 0 unspecified atom stereocenters. The van der Waals surface area contributed by atoms with Crippen molar-refractivity contribution in [3.8, 4) is 5.75 Å². The molecule has 0 spiro atoms. The first-order chi connectivity index (χ1) is 13.9. The molecule has 29 heavy (non-hydrogen) atoms. The maximum atomic E-state index is 12.5. The number of carbonyl (C=O) groups is 3. The molecule has 2 amide bonds. The molecule has 152 valence electrons. The Morgan fingerprint density at radius 2 is 1.83 bits per heavy atom. The van der Waals surface area contributed by atoms with Gasteiger partial charge in [0.25, 0.3) is 5.91 Å². The van der Waals surface area contributed by atoms with Crippen LogP contribution in [0.5, 0.6) is 5.75 Å². The first kappa shape index (κ1) is 20.4. The summed E-state index contributed by atoms with van der Waals surface area (Å²) in [5, 5.41) is 2.69. The number of rotatable bonds is 6. The number of ether oxygens (including phenoxy) is 2. The van der Waals surface area contributed by atoms with Crippen molar-refractivity contribution in [2.24, 2.45) is 5.92 Å². The highest BCUT2D eigenvalue weighted by atomic mass is 16.5. The van der Waals surface area contributed by atoms with Gasteiger partial charge in [-0.15, -0.1) is 0 Å². The quantitative estimate of drug-likeness (QED) is 0.759. The highest BCUT2D eigenvalue weighted by Crippen LogP contribution is 2.27. The van der Waals surface area contributed by atoms with Crippen LogP contribution in [-0.2, 0) is 19.1 Å². The zero-order valence-electron chi connectivity index (χ0n) is 16.7. The van der Waals surface area contributed by atoms with Crippen molar-refractivity contribution in [1.82, 2.24) is 0 Å². The molecule has 0 aliphatic carbocycles. The molecule has 1 saturated heterocycles. The summed E-state index contributed by atoms with van der Waals surface area (Å²) in [5.74, 6) is -1.26. The molecule has 2 aromatic rings. The van der Waals surface area contributed by atoms with Gasteiger partial charge in [-0.05, 0) is 38.1 Å². The number of aryl methyl sites for hydroxylation is 1. The van der Waals surface area contributed by atoms with Gasteiger partial charge >= 0.3 is 5.97 Å². The highest BCUT2D eigenvalue weighted by Gasteiger charge is 2.37. The molecule has 0 aromatic heterocycles. The third-order valence-corrected chi connectivity index (χ3v) is 4.83. The van der Waals surface area contributed by atoms with Crippen molar-refractivity contribution >= 4 is 29.2 Å². The smallest absolute Gasteiger partial charge is 0.312 e. The molecule has 1 N–H and O–H groups in total. The van der Waals surface area contributed by atoms with Gasteiger partial charge in [0, 0.05) is 18.7 Å². The van der Waals surface area contributed by atoms with Gasteiger partial charge in [-0.25, -0.2) is 0 Å². The Balaban J connectivity index is 1.59. The van der Waals surface area contributed by atoms with Crippen molar-refractivity contribution in [2.45, 2.75) is 26.4 Å². The van der Waals surface area contributed by atoms with E-state index in [1.54, 1.807) is 29.2 Å². The largest absolute Gasteiger partial charge is 0.495 e. The average Bonchev–Trinajstić information content (AvgIpc) is 3.10. The van der Waals surface area contributed by atoms with Gasteiger partial charge in [-0.3, -0.25) is 14.4 Å². The fraction of sp³-hybridized carbons (Fsp3) is 0.318. The average molecular weight is 396 g/mol. The third kappa shape index (κ3) is 4.74. The fourth-order valence-corrected chi connectivity index (χ4v) is 3.15. The van der Waals surface area contributed by atoms with E-state index in [-0.39, 0.29) is 18.9 Å². The SMILES string of the molecule is COc1ccccc1NC(=O)[C@@H](C)OC(=O)[C@@H]1CC(=O)N(c2ccc(C)cc2)C1. The summed E-state index contributed by atoms with van der Waals surface area (Å²) in [7, 11) is 1.51. The Hall–Kier alpha value is -3.35. The minimum Gasteiger partial charge on any atom is -0.495 e. The molecule has 2 atom stereocenters. The van der Waals surface area contributed by atoms with Crippen molar-refractivity contribution in [1.29, 1.82) is 0 Å².